The number of hydrogen-bond donors (Lipinski definition) is 1. The molecule has 0 aliphatic heterocycles. The van der Waals surface area contributed by atoms with Gasteiger partial charge in [-0.25, -0.2) is 0 Å². The number of carbonyl (C=O) groups is 1. The molecule has 0 bridgehead atoms. The quantitative estimate of drug-likeness (QED) is 0.546. The highest BCUT2D eigenvalue weighted by atomic mass is 16.5. The van der Waals surface area contributed by atoms with Crippen molar-refractivity contribution in [3.05, 3.63) is 90.1 Å². The van der Waals surface area contributed by atoms with Gasteiger partial charge in [-0.15, -0.1) is 0 Å². The molecule has 1 amide bonds. The molecule has 0 fully saturated rings. The van der Waals surface area contributed by atoms with Crippen molar-refractivity contribution in [2.75, 3.05) is 11.9 Å². The van der Waals surface area contributed by atoms with Gasteiger partial charge in [-0.1, -0.05) is 60.2 Å². The van der Waals surface area contributed by atoms with E-state index >= 15 is 0 Å². The van der Waals surface area contributed by atoms with Crippen LogP contribution in [0.15, 0.2) is 79.0 Å². The number of benzene rings is 3. The third-order valence-electron chi connectivity index (χ3n) is 4.46. The number of ether oxygens (including phenoxy) is 1. The molecule has 0 unspecified atom stereocenters. The van der Waals surface area contributed by atoms with Crippen LogP contribution in [0.3, 0.4) is 0 Å². The van der Waals surface area contributed by atoms with Crippen molar-refractivity contribution in [1.29, 1.82) is 0 Å². The van der Waals surface area contributed by atoms with E-state index in [4.69, 9.17) is 4.74 Å². The summed E-state index contributed by atoms with van der Waals surface area (Å²) in [6.07, 6.45) is 1.85. The highest BCUT2D eigenvalue weighted by molar-refractivity contribution is 5.91. The fourth-order valence-corrected chi connectivity index (χ4v) is 2.98. The number of aromatic nitrogens is 2. The predicted octanol–water partition coefficient (Wildman–Crippen LogP) is 4.41. The molecule has 4 rings (SSSR count). The van der Waals surface area contributed by atoms with E-state index in [9.17, 15) is 4.79 Å². The first-order chi connectivity index (χ1) is 13.7. The molecule has 140 valence electrons. The molecule has 5 heteroatoms. The smallest absolute Gasteiger partial charge is 0.263 e. The van der Waals surface area contributed by atoms with Gasteiger partial charge in [0.25, 0.3) is 5.91 Å². The SMILES string of the molecule is Cc1ccc(Cn2ccc(NC(=O)COc3ccc4ccccc4c3)n2)cc1. The Morgan fingerprint density at radius 1 is 1.00 bits per heavy atom. The molecule has 5 nitrogen and oxygen atoms in total. The zero-order valence-electron chi connectivity index (χ0n) is 15.6. The zero-order chi connectivity index (χ0) is 19.3. The van der Waals surface area contributed by atoms with Gasteiger partial charge in [0.05, 0.1) is 6.54 Å². The summed E-state index contributed by atoms with van der Waals surface area (Å²) in [6.45, 7) is 2.65. The van der Waals surface area contributed by atoms with Crippen molar-refractivity contribution in [2.45, 2.75) is 13.5 Å². The van der Waals surface area contributed by atoms with Crippen LogP contribution in [0.1, 0.15) is 11.1 Å². The Balaban J connectivity index is 1.32. The first-order valence-electron chi connectivity index (χ1n) is 9.16. The summed E-state index contributed by atoms with van der Waals surface area (Å²) in [7, 11) is 0. The van der Waals surface area contributed by atoms with Crippen LogP contribution < -0.4 is 10.1 Å². The van der Waals surface area contributed by atoms with Gasteiger partial charge in [0.1, 0.15) is 5.75 Å². The van der Waals surface area contributed by atoms with Gasteiger partial charge < -0.3 is 10.1 Å². The number of aryl methyl sites for hydroxylation is 1. The van der Waals surface area contributed by atoms with Crippen molar-refractivity contribution < 1.29 is 9.53 Å². The van der Waals surface area contributed by atoms with Gasteiger partial charge in [0, 0.05) is 12.3 Å². The second-order valence-corrected chi connectivity index (χ2v) is 6.73. The first kappa shape index (κ1) is 17.8. The number of amides is 1. The predicted molar refractivity (Wildman–Crippen MR) is 111 cm³/mol. The number of carbonyl (C=O) groups excluding carboxylic acids is 1. The lowest BCUT2D eigenvalue weighted by Gasteiger charge is -2.07. The molecule has 0 aliphatic carbocycles. The summed E-state index contributed by atoms with van der Waals surface area (Å²) in [5.41, 5.74) is 2.38. The highest BCUT2D eigenvalue weighted by Crippen LogP contribution is 2.20. The van der Waals surface area contributed by atoms with Crippen LogP contribution in [-0.2, 0) is 11.3 Å². The zero-order valence-corrected chi connectivity index (χ0v) is 15.6. The van der Waals surface area contributed by atoms with Gasteiger partial charge in [0.15, 0.2) is 12.4 Å². The molecule has 0 saturated heterocycles. The molecule has 3 aromatic carbocycles. The summed E-state index contributed by atoms with van der Waals surface area (Å²) < 4.78 is 7.41. The number of nitrogens with one attached hydrogen (secondary N) is 1. The Hall–Kier alpha value is -3.60. The second-order valence-electron chi connectivity index (χ2n) is 6.73. The fraction of sp³-hybridized carbons (Fsp3) is 0.130. The van der Waals surface area contributed by atoms with Crippen LogP contribution >= 0.6 is 0 Å². The minimum atomic E-state index is -0.242. The first-order valence-corrected chi connectivity index (χ1v) is 9.16. The Kier molecular flexibility index (Phi) is 5.06. The van der Waals surface area contributed by atoms with Gasteiger partial charge in [-0.3, -0.25) is 9.48 Å². The van der Waals surface area contributed by atoms with Crippen molar-refractivity contribution in [1.82, 2.24) is 9.78 Å². The number of rotatable bonds is 6. The van der Waals surface area contributed by atoms with Crippen LogP contribution in [-0.4, -0.2) is 22.3 Å². The van der Waals surface area contributed by atoms with E-state index in [1.807, 2.05) is 48.7 Å². The van der Waals surface area contributed by atoms with Crippen LogP contribution in [0.25, 0.3) is 10.8 Å². The minimum Gasteiger partial charge on any atom is -0.484 e. The molecule has 1 aromatic heterocycles. The lowest BCUT2D eigenvalue weighted by Crippen LogP contribution is -2.20. The summed E-state index contributed by atoms with van der Waals surface area (Å²) in [4.78, 5) is 12.2. The number of hydrogen-bond acceptors (Lipinski definition) is 3. The highest BCUT2D eigenvalue weighted by Gasteiger charge is 2.07. The maximum atomic E-state index is 12.2. The molecule has 0 radical (unpaired) electrons. The molecule has 1 heterocycles. The van der Waals surface area contributed by atoms with Gasteiger partial charge in [0.2, 0.25) is 0 Å². The van der Waals surface area contributed by atoms with E-state index in [2.05, 4.69) is 41.6 Å². The van der Waals surface area contributed by atoms with Gasteiger partial charge in [-0.05, 0) is 35.4 Å². The maximum absolute atomic E-state index is 12.2. The second kappa shape index (κ2) is 7.96. The number of anilines is 1. The van der Waals surface area contributed by atoms with Crippen molar-refractivity contribution in [3.63, 3.8) is 0 Å². The van der Waals surface area contributed by atoms with Crippen LogP contribution in [0.4, 0.5) is 5.82 Å². The fourth-order valence-electron chi connectivity index (χ4n) is 2.98. The van der Waals surface area contributed by atoms with E-state index in [0.29, 0.717) is 18.1 Å². The molecular weight excluding hydrogens is 350 g/mol. The average molecular weight is 371 g/mol. The molecule has 28 heavy (non-hydrogen) atoms. The van der Waals surface area contributed by atoms with E-state index < -0.39 is 0 Å². The lowest BCUT2D eigenvalue weighted by molar-refractivity contribution is -0.118. The Morgan fingerprint density at radius 2 is 1.79 bits per heavy atom. The Labute approximate surface area is 163 Å². The van der Waals surface area contributed by atoms with Crippen molar-refractivity contribution >= 4 is 22.5 Å². The van der Waals surface area contributed by atoms with Crippen LogP contribution in [0.2, 0.25) is 0 Å². The van der Waals surface area contributed by atoms with E-state index in [1.165, 1.54) is 5.56 Å². The largest absolute Gasteiger partial charge is 0.484 e. The molecule has 0 spiro atoms. The Morgan fingerprint density at radius 3 is 2.61 bits per heavy atom. The standard InChI is InChI=1S/C23H21N3O2/c1-17-6-8-18(9-7-17)15-26-13-12-22(25-26)24-23(27)16-28-21-11-10-19-4-2-3-5-20(19)14-21/h2-14H,15-16H2,1H3,(H,24,25,27). The van der Waals surface area contributed by atoms with E-state index in [0.717, 1.165) is 16.3 Å². The van der Waals surface area contributed by atoms with Gasteiger partial charge >= 0.3 is 0 Å². The molecule has 0 atom stereocenters. The van der Waals surface area contributed by atoms with Crippen molar-refractivity contribution in [2.24, 2.45) is 0 Å². The summed E-state index contributed by atoms with van der Waals surface area (Å²) in [6, 6.07) is 23.9. The lowest BCUT2D eigenvalue weighted by atomic mass is 10.1. The van der Waals surface area contributed by atoms with Gasteiger partial charge in [-0.2, -0.15) is 5.10 Å². The monoisotopic (exact) mass is 371 g/mol. The maximum Gasteiger partial charge on any atom is 0.263 e. The van der Waals surface area contributed by atoms with E-state index in [1.54, 1.807) is 10.7 Å². The third kappa shape index (κ3) is 4.38. The third-order valence-corrected chi connectivity index (χ3v) is 4.46. The average Bonchev–Trinajstić information content (AvgIpc) is 3.14. The normalized spacial score (nSPS) is 10.8. The molecule has 0 saturated carbocycles. The number of fused-ring (bicyclic) bond motifs is 1. The topological polar surface area (TPSA) is 56.2 Å². The molecule has 0 aliphatic rings. The summed E-state index contributed by atoms with van der Waals surface area (Å²) in [5, 5.41) is 9.38. The summed E-state index contributed by atoms with van der Waals surface area (Å²) in [5.74, 6) is 0.937. The van der Waals surface area contributed by atoms with Crippen LogP contribution in [0.5, 0.6) is 5.75 Å². The Bertz CT molecular complexity index is 1100. The van der Waals surface area contributed by atoms with Crippen LogP contribution in [0, 0.1) is 6.92 Å². The molecular formula is C23H21N3O2. The number of nitrogens with zero attached hydrogens (tertiary/aromatic N) is 2. The molecule has 1 N–H and O–H groups in total. The summed E-state index contributed by atoms with van der Waals surface area (Å²) >= 11 is 0. The minimum absolute atomic E-state index is 0.0663. The molecule has 4 aromatic rings. The van der Waals surface area contributed by atoms with E-state index in [-0.39, 0.29) is 12.5 Å². The van der Waals surface area contributed by atoms with Crippen molar-refractivity contribution in [3.8, 4) is 5.75 Å².